The molecule has 0 aliphatic heterocycles. The van der Waals surface area contributed by atoms with E-state index in [2.05, 4.69) is 9.71 Å². The number of pyridine rings is 1. The lowest BCUT2D eigenvalue weighted by molar-refractivity contribution is 0.479. The molecule has 1 unspecified atom stereocenters. The Morgan fingerprint density at radius 1 is 1.45 bits per heavy atom. The minimum absolute atomic E-state index is 0.117. The zero-order valence-corrected chi connectivity index (χ0v) is 11.6. The summed E-state index contributed by atoms with van der Waals surface area (Å²) in [6, 6.07) is 7.76. The molecule has 0 aliphatic rings. The second-order valence-electron chi connectivity index (χ2n) is 4.27. The van der Waals surface area contributed by atoms with E-state index in [-0.39, 0.29) is 16.6 Å². The van der Waals surface area contributed by atoms with Crippen LogP contribution in [0.2, 0.25) is 0 Å². The van der Waals surface area contributed by atoms with Crippen molar-refractivity contribution in [3.63, 3.8) is 0 Å². The molecule has 104 valence electrons. The average Bonchev–Trinajstić information content (AvgIpc) is 2.90. The topological polar surface area (TPSA) is 96.0 Å². The number of nitrogens with one attached hydrogen (secondary N) is 1. The Bertz CT molecular complexity index is 718. The van der Waals surface area contributed by atoms with Gasteiger partial charge in [-0.1, -0.05) is 0 Å². The van der Waals surface area contributed by atoms with Crippen LogP contribution in [-0.2, 0) is 16.4 Å². The molecule has 7 heteroatoms. The van der Waals surface area contributed by atoms with Crippen LogP contribution in [0.5, 0.6) is 0 Å². The van der Waals surface area contributed by atoms with Crippen LogP contribution in [0.25, 0.3) is 0 Å². The van der Waals surface area contributed by atoms with Gasteiger partial charge in [-0.15, -0.1) is 0 Å². The van der Waals surface area contributed by atoms with E-state index in [9.17, 15) is 8.42 Å². The van der Waals surface area contributed by atoms with Gasteiger partial charge in [0.2, 0.25) is 10.0 Å². The molecule has 0 bridgehead atoms. The predicted molar refractivity (Wildman–Crippen MR) is 71.1 cm³/mol. The molecular formula is C13H13N3O3S. The van der Waals surface area contributed by atoms with Crippen molar-refractivity contribution in [2.75, 3.05) is 0 Å². The summed E-state index contributed by atoms with van der Waals surface area (Å²) >= 11 is 0. The molecule has 0 fully saturated rings. The van der Waals surface area contributed by atoms with Gasteiger partial charge in [0.15, 0.2) is 5.69 Å². The zero-order chi connectivity index (χ0) is 14.6. The summed E-state index contributed by atoms with van der Waals surface area (Å²) < 4.78 is 32.1. The maximum Gasteiger partial charge on any atom is 0.243 e. The summed E-state index contributed by atoms with van der Waals surface area (Å²) in [5, 5.41) is 8.90. The van der Waals surface area contributed by atoms with E-state index in [1.165, 1.54) is 24.6 Å². The average molecular weight is 291 g/mol. The first-order valence-corrected chi connectivity index (χ1v) is 7.41. The fraction of sp³-hybridized carbons (Fsp3) is 0.231. The van der Waals surface area contributed by atoms with Gasteiger partial charge in [-0.25, -0.2) is 18.1 Å². The van der Waals surface area contributed by atoms with E-state index in [0.29, 0.717) is 12.2 Å². The lowest BCUT2D eigenvalue weighted by atomic mass is 10.2. The smallest absolute Gasteiger partial charge is 0.243 e. The molecule has 0 saturated carbocycles. The van der Waals surface area contributed by atoms with Crippen molar-refractivity contribution < 1.29 is 12.8 Å². The first-order valence-electron chi connectivity index (χ1n) is 5.93. The molecule has 6 nitrogen and oxygen atoms in total. The van der Waals surface area contributed by atoms with Crippen LogP contribution in [-0.4, -0.2) is 19.4 Å². The van der Waals surface area contributed by atoms with E-state index < -0.39 is 10.0 Å². The number of rotatable bonds is 5. The summed E-state index contributed by atoms with van der Waals surface area (Å²) in [6.45, 7) is 1.72. The van der Waals surface area contributed by atoms with Gasteiger partial charge >= 0.3 is 0 Å². The highest BCUT2D eigenvalue weighted by atomic mass is 32.2. The Hall–Kier alpha value is -2.17. The van der Waals surface area contributed by atoms with Gasteiger partial charge in [0, 0.05) is 18.7 Å². The molecule has 0 saturated heterocycles. The van der Waals surface area contributed by atoms with Crippen molar-refractivity contribution in [1.82, 2.24) is 9.71 Å². The van der Waals surface area contributed by atoms with Crippen LogP contribution in [0.4, 0.5) is 0 Å². The van der Waals surface area contributed by atoms with E-state index in [1.807, 2.05) is 0 Å². The number of aromatic nitrogens is 1. The lowest BCUT2D eigenvalue weighted by Crippen LogP contribution is -2.34. The maximum absolute atomic E-state index is 12.2. The molecule has 2 heterocycles. The van der Waals surface area contributed by atoms with Gasteiger partial charge in [0.25, 0.3) is 0 Å². The van der Waals surface area contributed by atoms with Crippen LogP contribution < -0.4 is 4.72 Å². The number of nitriles is 1. The van der Waals surface area contributed by atoms with Crippen molar-refractivity contribution in [2.45, 2.75) is 24.3 Å². The number of sulfonamides is 1. The van der Waals surface area contributed by atoms with Gasteiger partial charge in [0.1, 0.15) is 16.7 Å². The van der Waals surface area contributed by atoms with Crippen LogP contribution in [0.15, 0.2) is 46.0 Å². The molecule has 20 heavy (non-hydrogen) atoms. The molecule has 0 amide bonds. The van der Waals surface area contributed by atoms with Crippen molar-refractivity contribution >= 4 is 10.0 Å². The number of nitrogens with zero attached hydrogens (tertiary/aromatic N) is 2. The molecular weight excluding hydrogens is 278 g/mol. The minimum Gasteiger partial charge on any atom is -0.469 e. The van der Waals surface area contributed by atoms with E-state index >= 15 is 0 Å². The van der Waals surface area contributed by atoms with Gasteiger partial charge in [-0.2, -0.15) is 5.26 Å². The van der Waals surface area contributed by atoms with Crippen molar-refractivity contribution in [3.05, 3.63) is 48.2 Å². The fourth-order valence-electron chi connectivity index (χ4n) is 1.79. The van der Waals surface area contributed by atoms with Gasteiger partial charge in [-0.05, 0) is 31.2 Å². The Kier molecular flexibility index (Phi) is 4.17. The normalized spacial score (nSPS) is 12.8. The summed E-state index contributed by atoms with van der Waals surface area (Å²) in [5.41, 5.74) is -0.120. The van der Waals surface area contributed by atoms with E-state index in [4.69, 9.17) is 9.68 Å². The van der Waals surface area contributed by atoms with Gasteiger partial charge in [-0.3, -0.25) is 0 Å². The largest absolute Gasteiger partial charge is 0.469 e. The van der Waals surface area contributed by atoms with Crippen LogP contribution in [0.3, 0.4) is 0 Å². The summed E-state index contributed by atoms with van der Waals surface area (Å²) in [5.74, 6) is 0.687. The van der Waals surface area contributed by atoms with Crippen LogP contribution >= 0.6 is 0 Å². The maximum atomic E-state index is 12.2. The van der Waals surface area contributed by atoms with Crippen molar-refractivity contribution in [3.8, 4) is 6.07 Å². The molecule has 0 radical (unpaired) electrons. The third-order valence-corrected chi connectivity index (χ3v) is 4.23. The Morgan fingerprint density at radius 3 is 2.90 bits per heavy atom. The monoisotopic (exact) mass is 291 g/mol. The molecule has 0 aromatic carbocycles. The van der Waals surface area contributed by atoms with E-state index in [1.54, 1.807) is 25.1 Å². The van der Waals surface area contributed by atoms with Crippen LogP contribution in [0.1, 0.15) is 18.4 Å². The Morgan fingerprint density at radius 2 is 2.25 bits per heavy atom. The highest BCUT2D eigenvalue weighted by Gasteiger charge is 2.22. The minimum atomic E-state index is -3.78. The summed E-state index contributed by atoms with van der Waals surface area (Å²) in [7, 11) is -3.78. The molecule has 2 rings (SSSR count). The first kappa shape index (κ1) is 14.2. The van der Waals surface area contributed by atoms with Gasteiger partial charge < -0.3 is 4.42 Å². The lowest BCUT2D eigenvalue weighted by Gasteiger charge is -2.13. The number of hydrogen-bond donors (Lipinski definition) is 1. The standard InChI is InChI=1S/C13H13N3O3S/c1-10(8-11-4-3-7-19-11)16-20(17,18)13-5-2-6-15-12(13)9-14/h2-7,10,16H,8H2,1H3. The molecule has 1 atom stereocenters. The second-order valence-corrected chi connectivity index (χ2v) is 5.95. The molecule has 1 N–H and O–H groups in total. The number of furan rings is 1. The quantitative estimate of drug-likeness (QED) is 0.899. The third-order valence-electron chi connectivity index (χ3n) is 2.61. The zero-order valence-electron chi connectivity index (χ0n) is 10.8. The molecule has 0 aliphatic carbocycles. The highest BCUT2D eigenvalue weighted by molar-refractivity contribution is 7.89. The summed E-state index contributed by atoms with van der Waals surface area (Å²) in [6.07, 6.45) is 3.34. The summed E-state index contributed by atoms with van der Waals surface area (Å²) in [4.78, 5) is 3.63. The Balaban J connectivity index is 2.17. The first-order chi connectivity index (χ1) is 9.53. The second kappa shape index (κ2) is 5.86. The SMILES string of the molecule is CC(Cc1ccco1)NS(=O)(=O)c1cccnc1C#N. The predicted octanol–water partition coefficient (Wildman–Crippen LogP) is 1.46. The third kappa shape index (κ3) is 3.23. The van der Waals surface area contributed by atoms with Gasteiger partial charge in [0.05, 0.1) is 6.26 Å². The Labute approximate surface area is 117 Å². The molecule has 2 aromatic heterocycles. The van der Waals surface area contributed by atoms with E-state index in [0.717, 1.165) is 0 Å². The molecule has 2 aromatic rings. The number of hydrogen-bond acceptors (Lipinski definition) is 5. The molecule has 0 spiro atoms. The van der Waals surface area contributed by atoms with Crippen LogP contribution in [0, 0.1) is 11.3 Å². The van der Waals surface area contributed by atoms with Crippen molar-refractivity contribution in [1.29, 1.82) is 5.26 Å². The van der Waals surface area contributed by atoms with Crippen molar-refractivity contribution in [2.24, 2.45) is 0 Å². The fourth-order valence-corrected chi connectivity index (χ4v) is 3.14. The highest BCUT2D eigenvalue weighted by Crippen LogP contribution is 2.13.